The summed E-state index contributed by atoms with van der Waals surface area (Å²) in [7, 11) is 0. The van der Waals surface area contributed by atoms with Crippen molar-refractivity contribution in [3.05, 3.63) is 59.5 Å². The van der Waals surface area contributed by atoms with E-state index in [1.165, 1.54) is 5.56 Å². The molecule has 3 heterocycles. The maximum Gasteiger partial charge on any atom is 0.490 e. The first-order valence-electron chi connectivity index (χ1n) is 8.47. The lowest BCUT2D eigenvalue weighted by Gasteiger charge is -2.09. The van der Waals surface area contributed by atoms with Crippen LogP contribution in [0.1, 0.15) is 17.1 Å². The number of aliphatic carboxylic acids is 1. The number of fused-ring (bicyclic) bond motifs is 3. The molecule has 29 heavy (non-hydrogen) atoms. The number of alkyl halides is 3. The molecule has 7 nitrogen and oxygen atoms in total. The SMILES string of the molecule is Cc1cc2c(cc(O)c3nnc(C)n32)n1Cc1ccccc1.O=C(O)C(F)(F)F. The Kier molecular flexibility index (Phi) is 5.19. The quantitative estimate of drug-likeness (QED) is 0.530. The third-order valence-corrected chi connectivity index (χ3v) is 4.32. The van der Waals surface area contributed by atoms with Crippen molar-refractivity contribution in [2.24, 2.45) is 0 Å². The van der Waals surface area contributed by atoms with Crippen molar-refractivity contribution >= 4 is 22.6 Å². The van der Waals surface area contributed by atoms with E-state index in [0.717, 1.165) is 29.1 Å². The summed E-state index contributed by atoms with van der Waals surface area (Å²) < 4.78 is 35.8. The monoisotopic (exact) mass is 406 g/mol. The highest BCUT2D eigenvalue weighted by Gasteiger charge is 2.38. The van der Waals surface area contributed by atoms with E-state index in [1.807, 2.05) is 29.5 Å². The van der Waals surface area contributed by atoms with Gasteiger partial charge in [0, 0.05) is 18.3 Å². The highest BCUT2D eigenvalue weighted by atomic mass is 19.4. The average molecular weight is 406 g/mol. The number of pyridine rings is 1. The number of halogens is 3. The van der Waals surface area contributed by atoms with Crippen LogP contribution in [0.25, 0.3) is 16.7 Å². The Labute approximate surface area is 162 Å². The lowest BCUT2D eigenvalue weighted by atomic mass is 10.2. The van der Waals surface area contributed by atoms with Gasteiger partial charge in [-0.05, 0) is 25.5 Å². The van der Waals surface area contributed by atoms with E-state index in [2.05, 4.69) is 39.9 Å². The van der Waals surface area contributed by atoms with Crippen LogP contribution in [0.15, 0.2) is 42.5 Å². The topological polar surface area (TPSA) is 92.7 Å². The summed E-state index contributed by atoms with van der Waals surface area (Å²) in [5.74, 6) is -1.83. The van der Waals surface area contributed by atoms with Gasteiger partial charge in [0.25, 0.3) is 0 Å². The zero-order valence-electron chi connectivity index (χ0n) is 15.5. The van der Waals surface area contributed by atoms with Gasteiger partial charge in [-0.15, -0.1) is 10.2 Å². The van der Waals surface area contributed by atoms with E-state index in [9.17, 15) is 18.3 Å². The number of benzene rings is 1. The Morgan fingerprint density at radius 2 is 1.69 bits per heavy atom. The number of aromatic hydroxyl groups is 1. The van der Waals surface area contributed by atoms with Crippen LogP contribution in [-0.2, 0) is 11.3 Å². The number of aromatic nitrogens is 4. The average Bonchev–Trinajstić information content (AvgIpc) is 3.18. The second-order valence-electron chi connectivity index (χ2n) is 6.37. The molecule has 0 saturated carbocycles. The molecule has 2 N–H and O–H groups in total. The van der Waals surface area contributed by atoms with Crippen molar-refractivity contribution in [1.29, 1.82) is 0 Å². The van der Waals surface area contributed by atoms with Crippen LogP contribution in [0.5, 0.6) is 5.75 Å². The van der Waals surface area contributed by atoms with Crippen molar-refractivity contribution in [3.8, 4) is 5.75 Å². The molecule has 0 atom stereocenters. The summed E-state index contributed by atoms with van der Waals surface area (Å²) in [6, 6.07) is 14.2. The van der Waals surface area contributed by atoms with Crippen LogP contribution >= 0.6 is 0 Å². The molecule has 0 spiro atoms. The zero-order chi connectivity index (χ0) is 21.3. The summed E-state index contributed by atoms with van der Waals surface area (Å²) in [5, 5.41) is 25.5. The maximum absolute atomic E-state index is 10.6. The van der Waals surface area contributed by atoms with Gasteiger partial charge >= 0.3 is 12.1 Å². The molecule has 4 aromatic rings. The van der Waals surface area contributed by atoms with Gasteiger partial charge in [-0.1, -0.05) is 30.3 Å². The molecule has 10 heteroatoms. The largest absolute Gasteiger partial charge is 0.504 e. The number of carbonyl (C=O) groups is 1. The molecule has 0 fully saturated rings. The van der Waals surface area contributed by atoms with Crippen molar-refractivity contribution in [2.75, 3.05) is 0 Å². The van der Waals surface area contributed by atoms with Crippen LogP contribution in [0, 0.1) is 13.8 Å². The second kappa shape index (κ2) is 7.46. The van der Waals surface area contributed by atoms with E-state index < -0.39 is 12.1 Å². The summed E-state index contributed by atoms with van der Waals surface area (Å²) in [6.45, 7) is 4.73. The van der Waals surface area contributed by atoms with Crippen LogP contribution in [0.3, 0.4) is 0 Å². The zero-order valence-corrected chi connectivity index (χ0v) is 15.5. The van der Waals surface area contributed by atoms with Crippen molar-refractivity contribution in [1.82, 2.24) is 19.2 Å². The number of hydrogen-bond acceptors (Lipinski definition) is 4. The van der Waals surface area contributed by atoms with Gasteiger partial charge in [-0.25, -0.2) is 4.79 Å². The van der Waals surface area contributed by atoms with Gasteiger partial charge < -0.3 is 14.8 Å². The predicted molar refractivity (Wildman–Crippen MR) is 98.9 cm³/mol. The standard InChI is InChI=1S/C17H16N4O.C2HF3O2/c1-11-8-15-14(20(11)10-13-6-4-3-5-7-13)9-16(22)17-19-18-12(2)21(15)17;3-2(4,5)1(6)7/h3-9,22H,10H2,1-2H3;(H,6,7). The number of rotatable bonds is 2. The summed E-state index contributed by atoms with van der Waals surface area (Å²) in [5.41, 5.74) is 4.86. The van der Waals surface area contributed by atoms with Crippen LogP contribution in [0.2, 0.25) is 0 Å². The Balaban J connectivity index is 0.000000298. The van der Waals surface area contributed by atoms with Crippen LogP contribution < -0.4 is 0 Å². The van der Waals surface area contributed by atoms with Gasteiger partial charge in [0.2, 0.25) is 5.65 Å². The summed E-state index contributed by atoms with van der Waals surface area (Å²) in [6.07, 6.45) is -5.08. The first-order valence-corrected chi connectivity index (χ1v) is 8.47. The first kappa shape index (κ1) is 20.2. The molecule has 0 radical (unpaired) electrons. The van der Waals surface area contributed by atoms with Crippen LogP contribution in [-0.4, -0.2) is 41.5 Å². The minimum absolute atomic E-state index is 0.153. The first-order chi connectivity index (χ1) is 13.6. The van der Waals surface area contributed by atoms with Crippen LogP contribution in [0.4, 0.5) is 13.2 Å². The van der Waals surface area contributed by atoms with E-state index in [4.69, 9.17) is 9.90 Å². The molecule has 0 amide bonds. The highest BCUT2D eigenvalue weighted by molar-refractivity contribution is 5.84. The molecular weight excluding hydrogens is 389 g/mol. The molecule has 1 aromatic carbocycles. The highest BCUT2D eigenvalue weighted by Crippen LogP contribution is 2.28. The lowest BCUT2D eigenvalue weighted by Crippen LogP contribution is -2.21. The van der Waals surface area contributed by atoms with Crippen molar-refractivity contribution < 1.29 is 28.2 Å². The number of carboxylic acid groups (broad SMARTS) is 1. The molecule has 4 rings (SSSR count). The van der Waals surface area contributed by atoms with Crippen molar-refractivity contribution in [2.45, 2.75) is 26.6 Å². The van der Waals surface area contributed by atoms with Gasteiger partial charge in [-0.3, -0.25) is 4.40 Å². The maximum atomic E-state index is 10.6. The number of nitrogens with zero attached hydrogens (tertiary/aromatic N) is 4. The summed E-state index contributed by atoms with van der Waals surface area (Å²) in [4.78, 5) is 8.90. The Bertz CT molecular complexity index is 1180. The fourth-order valence-corrected chi connectivity index (χ4v) is 3.00. The molecule has 152 valence electrons. The van der Waals surface area contributed by atoms with Gasteiger partial charge in [-0.2, -0.15) is 13.2 Å². The predicted octanol–water partition coefficient (Wildman–Crippen LogP) is 3.69. The normalized spacial score (nSPS) is 11.5. The molecule has 3 aromatic heterocycles. The minimum atomic E-state index is -5.08. The van der Waals surface area contributed by atoms with E-state index in [1.54, 1.807) is 6.07 Å². The molecule has 0 saturated heterocycles. The number of hydrogen-bond donors (Lipinski definition) is 2. The fraction of sp³-hybridized carbons (Fsp3) is 0.211. The van der Waals surface area contributed by atoms with Gasteiger partial charge in [0.15, 0.2) is 5.75 Å². The van der Waals surface area contributed by atoms with Crippen molar-refractivity contribution in [3.63, 3.8) is 0 Å². The fourth-order valence-electron chi connectivity index (χ4n) is 3.00. The van der Waals surface area contributed by atoms with E-state index >= 15 is 0 Å². The number of aryl methyl sites for hydroxylation is 2. The smallest absolute Gasteiger partial charge is 0.490 e. The molecule has 0 unspecified atom stereocenters. The van der Waals surface area contributed by atoms with E-state index in [0.29, 0.717) is 5.65 Å². The number of carboxylic acids is 1. The van der Waals surface area contributed by atoms with E-state index in [-0.39, 0.29) is 5.75 Å². The minimum Gasteiger partial charge on any atom is -0.504 e. The molecule has 0 aliphatic carbocycles. The molecule has 0 bridgehead atoms. The Morgan fingerprint density at radius 3 is 2.28 bits per heavy atom. The van der Waals surface area contributed by atoms with Gasteiger partial charge in [0.05, 0.1) is 11.0 Å². The second-order valence-corrected chi connectivity index (χ2v) is 6.37. The third-order valence-electron chi connectivity index (χ3n) is 4.32. The third kappa shape index (κ3) is 4.00. The van der Waals surface area contributed by atoms with Gasteiger partial charge in [0.1, 0.15) is 5.82 Å². The molecule has 0 aliphatic rings. The molecular formula is C19H17F3N4O3. The Morgan fingerprint density at radius 1 is 1.07 bits per heavy atom. The summed E-state index contributed by atoms with van der Waals surface area (Å²) >= 11 is 0. The molecule has 0 aliphatic heterocycles. The Hall–Kier alpha value is -3.56. The lowest BCUT2D eigenvalue weighted by molar-refractivity contribution is -0.192.